The van der Waals surface area contributed by atoms with E-state index >= 15 is 0 Å². The summed E-state index contributed by atoms with van der Waals surface area (Å²) in [6.45, 7) is 9.23. The highest BCUT2D eigenvalue weighted by molar-refractivity contribution is 7.18. The number of carbonyl (C=O) groups excluding carboxylic acids is 1. The van der Waals surface area contributed by atoms with Crippen LogP contribution in [0.1, 0.15) is 37.7 Å². The molecule has 0 N–H and O–H groups in total. The fourth-order valence-electron chi connectivity index (χ4n) is 4.46. The number of aryl methyl sites for hydroxylation is 3. The van der Waals surface area contributed by atoms with Gasteiger partial charge in [-0.25, -0.2) is 9.97 Å². The van der Waals surface area contributed by atoms with E-state index in [-0.39, 0.29) is 5.91 Å². The van der Waals surface area contributed by atoms with Gasteiger partial charge in [0.1, 0.15) is 16.5 Å². The Bertz CT molecular complexity index is 1310. The van der Waals surface area contributed by atoms with Gasteiger partial charge in [0.2, 0.25) is 0 Å². The van der Waals surface area contributed by atoms with Crippen molar-refractivity contribution < 1.29 is 4.79 Å². The molecular formula is C27H28N4OS. The number of nitrogens with zero attached hydrogens (tertiary/aromatic N) is 4. The Morgan fingerprint density at radius 1 is 0.909 bits per heavy atom. The number of fused-ring (bicyclic) bond motifs is 1. The number of thiophene rings is 1. The van der Waals surface area contributed by atoms with E-state index < -0.39 is 0 Å². The maximum Gasteiger partial charge on any atom is 0.254 e. The van der Waals surface area contributed by atoms with E-state index in [1.807, 2.05) is 42.2 Å². The van der Waals surface area contributed by atoms with E-state index in [0.29, 0.717) is 19.5 Å². The molecule has 0 saturated carbocycles. The van der Waals surface area contributed by atoms with Gasteiger partial charge in [-0.3, -0.25) is 4.79 Å². The predicted octanol–water partition coefficient (Wildman–Crippen LogP) is 5.17. The number of aromatic nitrogens is 2. The fourth-order valence-corrected chi connectivity index (χ4v) is 5.50. The average Bonchev–Trinajstić information content (AvgIpc) is 3.12. The van der Waals surface area contributed by atoms with Crippen LogP contribution in [0.4, 0.5) is 5.82 Å². The third-order valence-electron chi connectivity index (χ3n) is 6.50. The van der Waals surface area contributed by atoms with Gasteiger partial charge in [-0.2, -0.15) is 0 Å². The molecule has 168 valence electrons. The number of benzene rings is 2. The lowest BCUT2D eigenvalue weighted by molar-refractivity contribution is 0.0746. The van der Waals surface area contributed by atoms with Crippen molar-refractivity contribution in [2.75, 3.05) is 31.1 Å². The predicted molar refractivity (Wildman–Crippen MR) is 135 cm³/mol. The first-order chi connectivity index (χ1) is 16.0. The zero-order valence-corrected chi connectivity index (χ0v) is 20.2. The van der Waals surface area contributed by atoms with Crippen LogP contribution < -0.4 is 4.90 Å². The van der Waals surface area contributed by atoms with E-state index in [2.05, 4.69) is 43.0 Å². The Morgan fingerprint density at radius 2 is 1.61 bits per heavy atom. The summed E-state index contributed by atoms with van der Waals surface area (Å²) in [6, 6.07) is 18.2. The molecule has 5 rings (SSSR count). The van der Waals surface area contributed by atoms with Crippen molar-refractivity contribution in [1.82, 2.24) is 14.9 Å². The summed E-state index contributed by atoms with van der Waals surface area (Å²) >= 11 is 1.74. The molecule has 1 aliphatic rings. The van der Waals surface area contributed by atoms with E-state index in [4.69, 9.17) is 9.97 Å². The molecular weight excluding hydrogens is 428 g/mol. The summed E-state index contributed by atoms with van der Waals surface area (Å²) in [7, 11) is 0. The Labute approximate surface area is 198 Å². The van der Waals surface area contributed by atoms with Gasteiger partial charge in [0.25, 0.3) is 5.91 Å². The molecule has 5 nitrogen and oxygen atoms in total. The van der Waals surface area contributed by atoms with Crippen LogP contribution in [0.2, 0.25) is 0 Å². The normalized spacial score (nSPS) is 14.2. The third-order valence-corrected chi connectivity index (χ3v) is 7.60. The first-order valence-corrected chi connectivity index (χ1v) is 12.2. The lowest BCUT2D eigenvalue weighted by Crippen LogP contribution is -2.49. The van der Waals surface area contributed by atoms with Crippen LogP contribution in [0.15, 0.2) is 54.6 Å². The van der Waals surface area contributed by atoms with Gasteiger partial charge < -0.3 is 9.80 Å². The van der Waals surface area contributed by atoms with E-state index in [0.717, 1.165) is 46.1 Å². The molecule has 1 amide bonds. The second-order valence-corrected chi connectivity index (χ2v) is 9.89. The van der Waals surface area contributed by atoms with Crippen LogP contribution >= 0.6 is 11.3 Å². The van der Waals surface area contributed by atoms with Gasteiger partial charge in [-0.05, 0) is 43.5 Å². The lowest BCUT2D eigenvalue weighted by atomic mass is 10.1. The Kier molecular flexibility index (Phi) is 5.85. The topological polar surface area (TPSA) is 49.3 Å². The molecule has 33 heavy (non-hydrogen) atoms. The van der Waals surface area contributed by atoms with Crippen LogP contribution in [0.25, 0.3) is 10.2 Å². The van der Waals surface area contributed by atoms with E-state index in [1.165, 1.54) is 16.0 Å². The number of hydrogen-bond acceptors (Lipinski definition) is 5. The molecule has 0 radical (unpaired) electrons. The number of carbonyl (C=O) groups is 1. The molecule has 3 heterocycles. The van der Waals surface area contributed by atoms with E-state index in [1.54, 1.807) is 11.3 Å². The van der Waals surface area contributed by atoms with Crippen LogP contribution in [0, 0.1) is 20.8 Å². The highest BCUT2D eigenvalue weighted by Crippen LogP contribution is 2.35. The molecule has 2 aromatic heterocycles. The Morgan fingerprint density at radius 3 is 2.33 bits per heavy atom. The van der Waals surface area contributed by atoms with Crippen LogP contribution in [0.5, 0.6) is 0 Å². The highest BCUT2D eigenvalue weighted by atomic mass is 32.1. The summed E-state index contributed by atoms with van der Waals surface area (Å²) in [5.74, 6) is 1.98. The van der Waals surface area contributed by atoms with Gasteiger partial charge in [-0.15, -0.1) is 11.3 Å². The van der Waals surface area contributed by atoms with Gasteiger partial charge in [0.15, 0.2) is 0 Å². The first kappa shape index (κ1) is 21.6. The van der Waals surface area contributed by atoms with Crippen molar-refractivity contribution in [3.63, 3.8) is 0 Å². The minimum Gasteiger partial charge on any atom is -0.352 e. The molecule has 0 aliphatic carbocycles. The van der Waals surface area contributed by atoms with Gasteiger partial charge in [0.05, 0.1) is 5.39 Å². The molecule has 0 bridgehead atoms. The fraction of sp³-hybridized carbons (Fsp3) is 0.296. The number of hydrogen-bond donors (Lipinski definition) is 0. The number of amides is 1. The second-order valence-electron chi connectivity index (χ2n) is 8.68. The van der Waals surface area contributed by atoms with Gasteiger partial charge in [-0.1, -0.05) is 48.5 Å². The molecule has 6 heteroatoms. The largest absolute Gasteiger partial charge is 0.352 e. The number of piperazine rings is 1. The van der Waals surface area contributed by atoms with Crippen molar-refractivity contribution in [2.45, 2.75) is 27.2 Å². The highest BCUT2D eigenvalue weighted by Gasteiger charge is 2.26. The van der Waals surface area contributed by atoms with Crippen LogP contribution in [-0.4, -0.2) is 47.0 Å². The number of anilines is 1. The summed E-state index contributed by atoms with van der Waals surface area (Å²) in [6.07, 6.45) is 0.714. The monoisotopic (exact) mass is 456 g/mol. The molecule has 4 aromatic rings. The van der Waals surface area contributed by atoms with Gasteiger partial charge >= 0.3 is 0 Å². The van der Waals surface area contributed by atoms with E-state index in [9.17, 15) is 4.79 Å². The SMILES string of the molecule is Cc1ccccc1C(=O)N1CCN(c2nc(Cc3ccccc3)nc3sc(C)c(C)c23)CC1. The minimum atomic E-state index is 0.118. The third kappa shape index (κ3) is 4.23. The maximum atomic E-state index is 13.1. The first-order valence-electron chi connectivity index (χ1n) is 11.4. The molecule has 1 aliphatic heterocycles. The summed E-state index contributed by atoms with van der Waals surface area (Å²) in [4.78, 5) is 29.7. The lowest BCUT2D eigenvalue weighted by Gasteiger charge is -2.36. The van der Waals surface area contributed by atoms with Gasteiger partial charge in [0, 0.05) is 43.0 Å². The smallest absolute Gasteiger partial charge is 0.254 e. The quantitative estimate of drug-likeness (QED) is 0.425. The molecule has 0 spiro atoms. The summed E-state index contributed by atoms with van der Waals surface area (Å²) in [5, 5.41) is 1.16. The zero-order chi connectivity index (χ0) is 22.9. The Balaban J connectivity index is 1.42. The summed E-state index contributed by atoms with van der Waals surface area (Å²) in [5.41, 5.74) is 4.29. The standard InChI is InChI=1S/C27H28N4OS/c1-18-9-7-8-12-22(18)27(32)31-15-13-30(14-16-31)25-24-19(2)20(3)33-26(24)29-23(28-25)17-21-10-5-4-6-11-21/h4-12H,13-17H2,1-3H3. The minimum absolute atomic E-state index is 0.118. The molecule has 1 saturated heterocycles. The van der Waals surface area contributed by atoms with Crippen molar-refractivity contribution in [2.24, 2.45) is 0 Å². The summed E-state index contributed by atoms with van der Waals surface area (Å²) < 4.78 is 0. The molecule has 0 atom stereocenters. The maximum absolute atomic E-state index is 13.1. The molecule has 1 fully saturated rings. The average molecular weight is 457 g/mol. The molecule has 0 unspecified atom stereocenters. The number of rotatable bonds is 4. The van der Waals surface area contributed by atoms with Crippen molar-refractivity contribution >= 4 is 33.3 Å². The van der Waals surface area contributed by atoms with Crippen LogP contribution in [-0.2, 0) is 6.42 Å². The zero-order valence-electron chi connectivity index (χ0n) is 19.3. The Hall–Kier alpha value is -3.25. The van der Waals surface area contributed by atoms with Crippen molar-refractivity contribution in [1.29, 1.82) is 0 Å². The molecule has 2 aromatic carbocycles. The van der Waals surface area contributed by atoms with Crippen molar-refractivity contribution in [3.8, 4) is 0 Å². The second kappa shape index (κ2) is 8.94. The van der Waals surface area contributed by atoms with Crippen LogP contribution in [0.3, 0.4) is 0 Å². The van der Waals surface area contributed by atoms with Crippen molar-refractivity contribution in [3.05, 3.63) is 87.6 Å².